The van der Waals surface area contributed by atoms with E-state index in [2.05, 4.69) is 28.1 Å². The number of likely N-dealkylation sites (N-methyl/N-ethyl adjacent to an activating group) is 2. The summed E-state index contributed by atoms with van der Waals surface area (Å²) in [5, 5.41) is 3.73. The summed E-state index contributed by atoms with van der Waals surface area (Å²) in [5.41, 5.74) is 0.883. The molecule has 1 fully saturated rings. The Morgan fingerprint density at radius 1 is 1.40 bits per heavy atom. The highest BCUT2D eigenvalue weighted by molar-refractivity contribution is 8.23. The number of nitrogens with one attached hydrogen (secondary N) is 2. The molecule has 4 N–H and O–H groups in total. The van der Waals surface area contributed by atoms with Crippen molar-refractivity contribution in [2.45, 2.75) is 42.4 Å². The van der Waals surface area contributed by atoms with E-state index in [0.717, 1.165) is 31.6 Å². The third-order valence-electron chi connectivity index (χ3n) is 5.29. The second-order valence-corrected chi connectivity index (χ2v) is 10.8. The number of nitrogens with zero attached hydrogens (tertiary/aromatic N) is 1. The zero-order valence-corrected chi connectivity index (χ0v) is 19.8. The molecular weight excluding hydrogens is 418 g/mol. The van der Waals surface area contributed by atoms with E-state index in [-0.39, 0.29) is 7.53 Å². The monoisotopic (exact) mass is 457 g/mol. The maximum atomic E-state index is 10.6. The Hall–Kier alpha value is -1.29. The van der Waals surface area contributed by atoms with E-state index in [4.69, 9.17) is 4.74 Å². The molecule has 0 aromatic carbocycles. The van der Waals surface area contributed by atoms with Crippen LogP contribution in [0.5, 0.6) is 5.06 Å². The quantitative estimate of drug-likeness (QED) is 0.236. The Morgan fingerprint density at radius 3 is 2.80 bits per heavy atom. The summed E-state index contributed by atoms with van der Waals surface area (Å²) in [4.78, 5) is 2.06. The molecule has 172 valence electrons. The van der Waals surface area contributed by atoms with E-state index in [9.17, 15) is 9.11 Å². The highest BCUT2D eigenvalue weighted by Gasteiger charge is 2.22. The SMILES string of the molecule is C=CC(C=CC(=C)N(C)CCNC)Oc1ccc(S(O)(O)NCC2CCCCC2)s1.[HH]. The smallest absolute Gasteiger partial charge is 0.177 e. The standard InChI is InChI=1S/C22H37N3O3S2.H2/c1-5-20(12-11-18(2)25(4)16-15-23-3)28-21-13-14-22(29-21)30(26,27)24-17-19-9-7-6-8-10-19;/h5,11-14,19-20,23-24,26-27H,1-2,6-10,15-17H2,3-4H3;1H. The van der Waals surface area contributed by atoms with Crippen molar-refractivity contribution in [1.82, 2.24) is 14.9 Å². The average molecular weight is 458 g/mol. The normalized spacial score (nSPS) is 17.1. The lowest BCUT2D eigenvalue weighted by molar-refractivity contribution is 0.305. The first-order valence-corrected chi connectivity index (χ1v) is 12.9. The van der Waals surface area contributed by atoms with Crippen LogP contribution in [0.15, 0.2) is 53.4 Å². The highest BCUT2D eigenvalue weighted by Crippen LogP contribution is 2.50. The minimum absolute atomic E-state index is 0. The van der Waals surface area contributed by atoms with Crippen molar-refractivity contribution in [2.24, 2.45) is 5.92 Å². The van der Waals surface area contributed by atoms with Gasteiger partial charge in [-0.2, -0.15) is 0 Å². The minimum atomic E-state index is -3.01. The van der Waals surface area contributed by atoms with Gasteiger partial charge in [0.1, 0.15) is 10.3 Å². The van der Waals surface area contributed by atoms with Crippen molar-refractivity contribution >= 4 is 22.1 Å². The molecule has 1 aromatic rings. The summed E-state index contributed by atoms with van der Waals surface area (Å²) in [7, 11) is 0.902. The lowest BCUT2D eigenvalue weighted by Crippen LogP contribution is -2.27. The van der Waals surface area contributed by atoms with Gasteiger partial charge in [-0.25, -0.2) is 4.72 Å². The van der Waals surface area contributed by atoms with E-state index in [1.807, 2.05) is 26.2 Å². The minimum Gasteiger partial charge on any atom is -0.473 e. The Morgan fingerprint density at radius 2 is 2.13 bits per heavy atom. The van der Waals surface area contributed by atoms with Gasteiger partial charge in [-0.1, -0.05) is 43.8 Å². The molecule has 1 unspecified atom stereocenters. The maximum absolute atomic E-state index is 10.6. The fourth-order valence-electron chi connectivity index (χ4n) is 3.27. The van der Waals surface area contributed by atoms with Crippen LogP contribution in [0.1, 0.15) is 33.5 Å². The summed E-state index contributed by atoms with van der Waals surface area (Å²) >= 11 is 1.25. The van der Waals surface area contributed by atoms with E-state index in [1.54, 1.807) is 18.2 Å². The van der Waals surface area contributed by atoms with Gasteiger partial charge in [0.2, 0.25) is 0 Å². The van der Waals surface area contributed by atoms with Crippen LogP contribution >= 0.6 is 22.1 Å². The Kier molecular flexibility index (Phi) is 10.4. The molecule has 0 bridgehead atoms. The second-order valence-electron chi connectivity index (χ2n) is 7.67. The Labute approximate surface area is 188 Å². The molecular formula is C22H39N3O3S2. The molecule has 1 saturated carbocycles. The van der Waals surface area contributed by atoms with Crippen LogP contribution in [0.4, 0.5) is 0 Å². The van der Waals surface area contributed by atoms with Gasteiger partial charge < -0.3 is 15.0 Å². The third kappa shape index (κ3) is 8.09. The zero-order valence-electron chi connectivity index (χ0n) is 18.2. The lowest BCUT2D eigenvalue weighted by atomic mass is 9.90. The molecule has 6 nitrogen and oxygen atoms in total. The first-order valence-electron chi connectivity index (χ1n) is 10.5. The van der Waals surface area contributed by atoms with Gasteiger partial charge in [0.25, 0.3) is 0 Å². The third-order valence-corrected chi connectivity index (χ3v) is 8.27. The summed E-state index contributed by atoms with van der Waals surface area (Å²) in [6.07, 6.45) is 11.2. The van der Waals surface area contributed by atoms with Crippen molar-refractivity contribution < 1.29 is 15.3 Å². The fourth-order valence-corrected chi connectivity index (χ4v) is 5.66. The van der Waals surface area contributed by atoms with Crippen LogP contribution in [-0.4, -0.2) is 53.8 Å². The molecule has 1 heterocycles. The van der Waals surface area contributed by atoms with Crippen molar-refractivity contribution in [3.63, 3.8) is 0 Å². The Balaban J connectivity index is 0.00000480. The molecule has 0 aliphatic heterocycles. The maximum Gasteiger partial charge on any atom is 0.177 e. The molecule has 2 rings (SSSR count). The van der Waals surface area contributed by atoms with Gasteiger partial charge in [0.15, 0.2) is 5.06 Å². The van der Waals surface area contributed by atoms with Gasteiger partial charge in [0, 0.05) is 33.8 Å². The molecule has 0 amide bonds. The second kappa shape index (κ2) is 12.5. The first-order chi connectivity index (χ1) is 14.4. The topological polar surface area (TPSA) is 77.0 Å². The van der Waals surface area contributed by atoms with Gasteiger partial charge in [-0.3, -0.25) is 9.11 Å². The summed E-state index contributed by atoms with van der Waals surface area (Å²) in [6.45, 7) is 10.3. The van der Waals surface area contributed by atoms with E-state index >= 15 is 0 Å². The number of thiophene rings is 1. The molecule has 1 aromatic heterocycles. The summed E-state index contributed by atoms with van der Waals surface area (Å²) < 4.78 is 30.5. The van der Waals surface area contributed by atoms with Crippen molar-refractivity contribution in [2.75, 3.05) is 33.7 Å². The fraction of sp³-hybridized carbons (Fsp3) is 0.545. The molecule has 1 aliphatic carbocycles. The van der Waals surface area contributed by atoms with E-state index in [1.165, 1.54) is 30.6 Å². The molecule has 0 saturated heterocycles. The molecule has 0 radical (unpaired) electrons. The van der Waals surface area contributed by atoms with Crippen LogP contribution < -0.4 is 14.8 Å². The average Bonchev–Trinajstić information content (AvgIpc) is 3.23. The van der Waals surface area contributed by atoms with Crippen LogP contribution in [0.2, 0.25) is 0 Å². The lowest BCUT2D eigenvalue weighted by Gasteiger charge is -2.34. The van der Waals surface area contributed by atoms with Gasteiger partial charge >= 0.3 is 0 Å². The molecule has 1 atom stereocenters. The zero-order chi connectivity index (χ0) is 22.0. The van der Waals surface area contributed by atoms with Crippen molar-refractivity contribution in [3.8, 4) is 5.06 Å². The van der Waals surface area contributed by atoms with Crippen molar-refractivity contribution in [3.05, 3.63) is 49.2 Å². The molecule has 1 aliphatic rings. The van der Waals surface area contributed by atoms with Crippen LogP contribution in [-0.2, 0) is 0 Å². The number of hydrogen-bond donors (Lipinski definition) is 4. The van der Waals surface area contributed by atoms with Gasteiger partial charge in [-0.05, 0) is 56.2 Å². The van der Waals surface area contributed by atoms with Crippen LogP contribution in [0.25, 0.3) is 0 Å². The number of hydrogen-bond acceptors (Lipinski definition) is 7. The van der Waals surface area contributed by atoms with E-state index < -0.39 is 10.8 Å². The number of ether oxygens (including phenoxy) is 1. The van der Waals surface area contributed by atoms with Gasteiger partial charge in [0.05, 0.1) is 0 Å². The molecule has 0 spiro atoms. The summed E-state index contributed by atoms with van der Waals surface area (Å²) in [6, 6.07) is 3.49. The number of rotatable bonds is 13. The van der Waals surface area contributed by atoms with E-state index in [0.29, 0.717) is 21.7 Å². The van der Waals surface area contributed by atoms with Crippen LogP contribution in [0.3, 0.4) is 0 Å². The molecule has 8 heteroatoms. The molecule has 30 heavy (non-hydrogen) atoms. The Bertz CT molecular complexity index is 706. The van der Waals surface area contributed by atoms with Crippen LogP contribution in [0, 0.1) is 5.92 Å². The predicted molar refractivity (Wildman–Crippen MR) is 132 cm³/mol. The largest absolute Gasteiger partial charge is 0.473 e. The summed E-state index contributed by atoms with van der Waals surface area (Å²) in [5.74, 6) is 0.523. The van der Waals surface area contributed by atoms with Gasteiger partial charge in [-0.15, -0.1) is 10.8 Å². The highest BCUT2D eigenvalue weighted by atomic mass is 32.3. The first kappa shape index (κ1) is 25.0. The van der Waals surface area contributed by atoms with Crippen molar-refractivity contribution in [1.29, 1.82) is 0 Å². The number of allylic oxidation sites excluding steroid dienone is 1. The predicted octanol–water partition coefficient (Wildman–Crippen LogP) is 5.34.